The quantitative estimate of drug-likeness (QED) is 0.722. The number of nitrogens with zero attached hydrogens (tertiary/aromatic N) is 1. The van der Waals surface area contributed by atoms with Gasteiger partial charge in [-0.1, -0.05) is 6.92 Å². The van der Waals surface area contributed by atoms with E-state index in [1.807, 2.05) is 13.8 Å². The van der Waals surface area contributed by atoms with Crippen LogP contribution in [-0.4, -0.2) is 56.4 Å². The van der Waals surface area contributed by atoms with E-state index in [-0.39, 0.29) is 35.9 Å². The SMILES string of the molecule is CCN(C(=O)CCC1CCNCC1)C(C)CS(=O)(=O)CC.Cl. The molecule has 0 aliphatic carbocycles. The molecule has 1 aliphatic heterocycles. The van der Waals surface area contributed by atoms with Crippen LogP contribution in [0, 0.1) is 5.92 Å². The molecule has 1 fully saturated rings. The summed E-state index contributed by atoms with van der Waals surface area (Å²) in [6.07, 6.45) is 3.73. The molecule has 0 spiro atoms. The predicted molar refractivity (Wildman–Crippen MR) is 93.3 cm³/mol. The maximum absolute atomic E-state index is 12.3. The number of piperidine rings is 1. The molecule has 0 saturated carbocycles. The second-order valence-corrected chi connectivity index (χ2v) is 8.36. The van der Waals surface area contributed by atoms with Gasteiger partial charge in [0.1, 0.15) is 0 Å². The van der Waals surface area contributed by atoms with E-state index in [0.717, 1.165) is 32.4 Å². The molecular weight excluding hydrogens is 324 g/mol. The summed E-state index contributed by atoms with van der Waals surface area (Å²) >= 11 is 0. The zero-order chi connectivity index (χ0) is 15.9. The number of rotatable bonds is 8. The first-order valence-corrected chi connectivity index (χ1v) is 9.92. The van der Waals surface area contributed by atoms with E-state index in [9.17, 15) is 13.2 Å². The van der Waals surface area contributed by atoms with Gasteiger partial charge in [0, 0.05) is 24.8 Å². The fourth-order valence-electron chi connectivity index (χ4n) is 2.95. The Morgan fingerprint density at radius 2 is 1.86 bits per heavy atom. The van der Waals surface area contributed by atoms with Crippen LogP contribution in [-0.2, 0) is 14.6 Å². The number of hydrogen-bond acceptors (Lipinski definition) is 4. The summed E-state index contributed by atoms with van der Waals surface area (Å²) < 4.78 is 23.4. The van der Waals surface area contributed by atoms with Gasteiger partial charge in [-0.2, -0.15) is 0 Å². The normalized spacial score (nSPS) is 17.6. The van der Waals surface area contributed by atoms with Crippen LogP contribution >= 0.6 is 12.4 Å². The molecule has 0 aromatic carbocycles. The van der Waals surface area contributed by atoms with Crippen LogP contribution in [0.15, 0.2) is 0 Å². The van der Waals surface area contributed by atoms with Gasteiger partial charge in [0.15, 0.2) is 9.84 Å². The van der Waals surface area contributed by atoms with Crippen molar-refractivity contribution >= 4 is 28.2 Å². The molecule has 0 radical (unpaired) electrons. The third kappa shape index (κ3) is 7.29. The molecule has 1 unspecified atom stereocenters. The summed E-state index contributed by atoms with van der Waals surface area (Å²) in [7, 11) is -3.04. The Morgan fingerprint density at radius 3 is 2.36 bits per heavy atom. The van der Waals surface area contributed by atoms with Gasteiger partial charge in [-0.3, -0.25) is 4.79 Å². The minimum Gasteiger partial charge on any atom is -0.339 e. The minimum absolute atomic E-state index is 0. The molecule has 1 aliphatic rings. The maximum Gasteiger partial charge on any atom is 0.222 e. The lowest BCUT2D eigenvalue weighted by atomic mass is 9.93. The summed E-state index contributed by atoms with van der Waals surface area (Å²) in [5.41, 5.74) is 0. The van der Waals surface area contributed by atoms with Crippen molar-refractivity contribution in [2.24, 2.45) is 5.92 Å². The number of hydrogen-bond donors (Lipinski definition) is 1. The largest absolute Gasteiger partial charge is 0.339 e. The number of halogens is 1. The Balaban J connectivity index is 0.00000441. The van der Waals surface area contributed by atoms with E-state index in [1.54, 1.807) is 11.8 Å². The van der Waals surface area contributed by atoms with E-state index in [4.69, 9.17) is 0 Å². The zero-order valence-corrected chi connectivity index (χ0v) is 15.6. The van der Waals surface area contributed by atoms with Crippen molar-refractivity contribution < 1.29 is 13.2 Å². The predicted octanol–water partition coefficient (Wildman–Crippen LogP) is 1.86. The first-order chi connectivity index (χ1) is 9.89. The van der Waals surface area contributed by atoms with Gasteiger partial charge in [-0.15, -0.1) is 12.4 Å². The van der Waals surface area contributed by atoms with E-state index in [2.05, 4.69) is 5.32 Å². The van der Waals surface area contributed by atoms with Crippen LogP contribution in [0.4, 0.5) is 0 Å². The number of carbonyl (C=O) groups is 1. The fraction of sp³-hybridized carbons (Fsp3) is 0.933. The molecule has 132 valence electrons. The van der Waals surface area contributed by atoms with Crippen molar-refractivity contribution in [2.75, 3.05) is 31.1 Å². The Kier molecular flexibility index (Phi) is 10.3. The maximum atomic E-state index is 12.3. The number of amides is 1. The summed E-state index contributed by atoms with van der Waals surface area (Å²) in [5.74, 6) is 0.924. The molecule has 1 amide bonds. The van der Waals surface area contributed by atoms with Gasteiger partial charge in [-0.05, 0) is 52.1 Å². The first kappa shape index (κ1) is 21.7. The monoisotopic (exact) mass is 354 g/mol. The molecule has 5 nitrogen and oxygen atoms in total. The van der Waals surface area contributed by atoms with Crippen LogP contribution < -0.4 is 5.32 Å². The smallest absolute Gasteiger partial charge is 0.222 e. The molecule has 0 aromatic rings. The number of sulfone groups is 1. The lowest BCUT2D eigenvalue weighted by molar-refractivity contribution is -0.132. The molecule has 1 atom stereocenters. The van der Waals surface area contributed by atoms with Gasteiger partial charge >= 0.3 is 0 Å². The van der Waals surface area contributed by atoms with Crippen LogP contribution in [0.3, 0.4) is 0 Å². The van der Waals surface area contributed by atoms with Gasteiger partial charge in [0.2, 0.25) is 5.91 Å². The van der Waals surface area contributed by atoms with Gasteiger partial charge in [0.25, 0.3) is 0 Å². The second-order valence-electron chi connectivity index (χ2n) is 5.96. The number of carbonyl (C=O) groups excluding carboxylic acids is 1. The molecule has 1 saturated heterocycles. The Hall–Kier alpha value is -0.330. The summed E-state index contributed by atoms with van der Waals surface area (Å²) in [6.45, 7) is 8.06. The van der Waals surface area contributed by atoms with E-state index in [1.165, 1.54) is 0 Å². The van der Waals surface area contributed by atoms with Crippen LogP contribution in [0.25, 0.3) is 0 Å². The Morgan fingerprint density at radius 1 is 1.27 bits per heavy atom. The van der Waals surface area contributed by atoms with Crippen molar-refractivity contribution in [1.82, 2.24) is 10.2 Å². The molecule has 7 heteroatoms. The topological polar surface area (TPSA) is 66.5 Å². The van der Waals surface area contributed by atoms with E-state index < -0.39 is 9.84 Å². The van der Waals surface area contributed by atoms with Gasteiger partial charge in [-0.25, -0.2) is 8.42 Å². The third-order valence-corrected chi connectivity index (χ3v) is 6.22. The summed E-state index contributed by atoms with van der Waals surface area (Å²) in [5, 5.41) is 3.32. The van der Waals surface area contributed by atoms with Crippen LogP contribution in [0.5, 0.6) is 0 Å². The lowest BCUT2D eigenvalue weighted by Crippen LogP contribution is -2.42. The number of nitrogens with one attached hydrogen (secondary N) is 1. The fourth-order valence-corrected chi connectivity index (χ4v) is 4.10. The molecule has 0 aromatic heterocycles. The summed E-state index contributed by atoms with van der Waals surface area (Å²) in [4.78, 5) is 14.1. The second kappa shape index (κ2) is 10.4. The lowest BCUT2D eigenvalue weighted by Gasteiger charge is -2.29. The Labute approximate surface area is 141 Å². The van der Waals surface area contributed by atoms with E-state index >= 15 is 0 Å². The Bertz CT molecular complexity index is 423. The van der Waals surface area contributed by atoms with Gasteiger partial charge in [0.05, 0.1) is 5.75 Å². The molecule has 1 N–H and O–H groups in total. The highest BCUT2D eigenvalue weighted by Gasteiger charge is 2.24. The van der Waals surface area contributed by atoms with Crippen molar-refractivity contribution in [3.63, 3.8) is 0 Å². The average molecular weight is 355 g/mol. The van der Waals surface area contributed by atoms with Crippen molar-refractivity contribution in [3.8, 4) is 0 Å². The molecule has 22 heavy (non-hydrogen) atoms. The minimum atomic E-state index is -3.04. The average Bonchev–Trinajstić information content (AvgIpc) is 2.46. The summed E-state index contributed by atoms with van der Waals surface area (Å²) in [6, 6.07) is -0.236. The third-order valence-electron chi connectivity index (χ3n) is 4.35. The highest BCUT2D eigenvalue weighted by Crippen LogP contribution is 2.19. The first-order valence-electron chi connectivity index (χ1n) is 8.10. The molecule has 0 bridgehead atoms. The van der Waals surface area contributed by atoms with Crippen LogP contribution in [0.1, 0.15) is 46.5 Å². The van der Waals surface area contributed by atoms with Crippen molar-refractivity contribution in [3.05, 3.63) is 0 Å². The molecule has 1 heterocycles. The zero-order valence-electron chi connectivity index (χ0n) is 14.0. The highest BCUT2D eigenvalue weighted by molar-refractivity contribution is 7.91. The van der Waals surface area contributed by atoms with Crippen LogP contribution in [0.2, 0.25) is 0 Å². The van der Waals surface area contributed by atoms with Crippen molar-refractivity contribution in [2.45, 2.75) is 52.5 Å². The van der Waals surface area contributed by atoms with Gasteiger partial charge < -0.3 is 10.2 Å². The standard InChI is InChI=1S/C15H30N2O3S.ClH/c1-4-17(13(3)12-21(19,20)5-2)15(18)7-6-14-8-10-16-11-9-14;/h13-14,16H,4-12H2,1-3H3;1H. The van der Waals surface area contributed by atoms with E-state index in [0.29, 0.717) is 18.9 Å². The van der Waals surface area contributed by atoms with Crippen molar-refractivity contribution in [1.29, 1.82) is 0 Å². The highest BCUT2D eigenvalue weighted by atomic mass is 35.5. The molecular formula is C15H31ClN2O3S. The molecule has 1 rings (SSSR count).